The first-order valence-electron chi connectivity index (χ1n) is 7.07. The van der Waals surface area contributed by atoms with Crippen LogP contribution in [0.5, 0.6) is 0 Å². The summed E-state index contributed by atoms with van der Waals surface area (Å²) in [6.45, 7) is -0.877. The predicted molar refractivity (Wildman–Crippen MR) is 78.4 cm³/mol. The predicted octanol–water partition coefficient (Wildman–Crippen LogP) is -3.71. The Labute approximate surface area is 155 Å². The molecule has 0 radical (unpaired) electrons. The van der Waals surface area contributed by atoms with Crippen LogP contribution in [0.25, 0.3) is 0 Å². The van der Waals surface area contributed by atoms with Gasteiger partial charge in [0.05, 0.1) is 20.5 Å². The minimum atomic E-state index is -6.09. The maximum absolute atomic E-state index is 11.7. The molecule has 16 nitrogen and oxygen atoms in total. The maximum Gasteiger partial charge on any atom is 0.351 e. The normalized spacial score (nSPS) is 27.2. The Morgan fingerprint density at radius 2 is 1.89 bits per heavy atom. The molecule has 2 rings (SSSR count). The number of nitrogens with two attached hydrogens (primary N) is 1. The summed E-state index contributed by atoms with van der Waals surface area (Å²) >= 11 is 0. The molecule has 19 heteroatoms. The number of rotatable bonds is 8. The van der Waals surface area contributed by atoms with Crippen LogP contribution in [-0.2, 0) is 31.6 Å². The molecule has 0 bridgehead atoms. The molecule has 0 saturated carbocycles. The van der Waals surface area contributed by atoms with E-state index < -0.39 is 54.2 Å². The minimum Gasteiger partial charge on any atom is -0.790 e. The lowest BCUT2D eigenvalue weighted by molar-refractivity contribution is -0.339. The lowest BCUT2D eigenvalue weighted by Gasteiger charge is -2.37. The lowest BCUT2D eigenvalue weighted by Crippen LogP contribution is -2.31. The summed E-state index contributed by atoms with van der Waals surface area (Å²) in [6, 6.07) is 1.25. The first kappa shape index (κ1) is 23.3. The van der Waals surface area contributed by atoms with Crippen molar-refractivity contribution >= 4 is 29.3 Å². The van der Waals surface area contributed by atoms with Crippen molar-refractivity contribution in [1.29, 1.82) is 0 Å². The van der Waals surface area contributed by atoms with Gasteiger partial charge in [0.25, 0.3) is 15.6 Å². The van der Waals surface area contributed by atoms with Crippen LogP contribution in [0.3, 0.4) is 0 Å². The lowest BCUT2D eigenvalue weighted by atomic mass is 10.2. The second-order valence-corrected chi connectivity index (χ2v) is 9.54. The molecule has 1 fully saturated rings. The third kappa shape index (κ3) is 6.81. The van der Waals surface area contributed by atoms with Gasteiger partial charge in [0.15, 0.2) is 6.23 Å². The average Bonchev–Trinajstić information content (AvgIpc) is 2.82. The molecule has 1 aromatic rings. The fourth-order valence-corrected chi connectivity index (χ4v) is 5.05. The molecule has 0 aliphatic carbocycles. The zero-order valence-electron chi connectivity index (χ0n) is 13.5. The quantitative estimate of drug-likeness (QED) is 0.351. The molecule has 5 unspecified atom stereocenters. The Morgan fingerprint density at radius 1 is 1.25 bits per heavy atom. The van der Waals surface area contributed by atoms with Crippen LogP contribution in [0.2, 0.25) is 0 Å². The van der Waals surface area contributed by atoms with Crippen LogP contribution >= 0.6 is 23.5 Å². The molecule has 160 valence electrons. The van der Waals surface area contributed by atoms with E-state index in [4.69, 9.17) is 10.5 Å². The largest absolute Gasteiger partial charge is 0.790 e. The molecule has 2 heterocycles. The van der Waals surface area contributed by atoms with Crippen molar-refractivity contribution < 1.29 is 56.3 Å². The van der Waals surface area contributed by atoms with Crippen LogP contribution in [0.1, 0.15) is 12.6 Å². The highest BCUT2D eigenvalue weighted by molar-refractivity contribution is 7.64. The number of ether oxygens (including phenoxy) is 1. The zero-order valence-corrected chi connectivity index (χ0v) is 16.1. The third-order valence-electron chi connectivity index (χ3n) is 3.11. The fraction of sp³-hybridized carbons (Fsp3) is 0.556. The van der Waals surface area contributed by atoms with E-state index in [9.17, 15) is 43.2 Å². The number of aromatic nitrogens is 2. The van der Waals surface area contributed by atoms with Crippen LogP contribution < -0.4 is 31.0 Å². The Bertz CT molecular complexity index is 914. The number of aliphatic hydroxyl groups excluding tert-OH is 1. The van der Waals surface area contributed by atoms with Crippen molar-refractivity contribution in [3.05, 3.63) is 22.7 Å². The Kier molecular flexibility index (Phi) is 6.99. The van der Waals surface area contributed by atoms with E-state index >= 15 is 0 Å². The highest BCUT2D eigenvalue weighted by atomic mass is 31.3. The van der Waals surface area contributed by atoms with E-state index in [1.165, 1.54) is 12.3 Å². The molecular weight excluding hydrogens is 451 g/mol. The van der Waals surface area contributed by atoms with E-state index in [-0.39, 0.29) is 12.2 Å². The number of phosphoric acid groups is 3. The molecular formula is C9H12N3O13P3-4. The molecule has 28 heavy (non-hydrogen) atoms. The number of anilines is 1. The number of hydrogen-bond donors (Lipinski definition) is 2. The van der Waals surface area contributed by atoms with Gasteiger partial charge in [0.2, 0.25) is 0 Å². The Morgan fingerprint density at radius 3 is 2.46 bits per heavy atom. The van der Waals surface area contributed by atoms with Crippen LogP contribution in [-0.4, -0.2) is 33.5 Å². The first-order chi connectivity index (χ1) is 12.7. The fourth-order valence-electron chi connectivity index (χ4n) is 2.16. The molecule has 0 aromatic carbocycles. The van der Waals surface area contributed by atoms with Crippen molar-refractivity contribution in [2.45, 2.75) is 24.9 Å². The second kappa shape index (κ2) is 8.40. The number of aliphatic hydroxyl groups is 1. The van der Waals surface area contributed by atoms with Gasteiger partial charge in [-0.05, 0) is 6.07 Å². The van der Waals surface area contributed by atoms with Gasteiger partial charge in [0.1, 0.15) is 11.9 Å². The topological polar surface area (TPSA) is 262 Å². The monoisotopic (exact) mass is 463 g/mol. The van der Waals surface area contributed by atoms with E-state index in [1.54, 1.807) is 0 Å². The molecule has 1 saturated heterocycles. The third-order valence-corrected chi connectivity index (χ3v) is 6.77. The first-order valence-corrected chi connectivity index (χ1v) is 11.5. The second-order valence-electron chi connectivity index (χ2n) is 5.29. The van der Waals surface area contributed by atoms with E-state index in [2.05, 4.69) is 18.1 Å². The number of nitrogen functional groups attached to an aromatic ring is 1. The summed E-state index contributed by atoms with van der Waals surface area (Å²) in [6.07, 6.45) is -2.75. The van der Waals surface area contributed by atoms with Crippen molar-refractivity contribution in [3.63, 3.8) is 0 Å². The van der Waals surface area contributed by atoms with Crippen molar-refractivity contribution in [1.82, 2.24) is 9.55 Å². The van der Waals surface area contributed by atoms with Crippen molar-refractivity contribution in [2.24, 2.45) is 0 Å². The van der Waals surface area contributed by atoms with Crippen molar-refractivity contribution in [3.8, 4) is 0 Å². The van der Waals surface area contributed by atoms with Gasteiger partial charge in [-0.25, -0.2) is 9.11 Å². The van der Waals surface area contributed by atoms with Gasteiger partial charge in [-0.2, -0.15) is 4.98 Å². The highest BCUT2D eigenvalue weighted by Crippen LogP contribution is 2.60. The van der Waals surface area contributed by atoms with Crippen LogP contribution in [0, 0.1) is 0 Å². The molecule has 1 aliphatic heterocycles. The molecule has 5 atom stereocenters. The SMILES string of the molecule is Nc1ccn(C2OC(COP(=O)([O-])OP(=O)([O-])OP(=O)([O-])[O-])CC2O)c(=O)n1. The number of nitrogens with zero attached hydrogens (tertiary/aromatic N) is 2. The maximum atomic E-state index is 11.7. The average molecular weight is 463 g/mol. The van der Waals surface area contributed by atoms with Crippen LogP contribution in [0.4, 0.5) is 5.82 Å². The zero-order chi connectivity index (χ0) is 21.3. The van der Waals surface area contributed by atoms with Crippen molar-refractivity contribution in [2.75, 3.05) is 12.3 Å². The van der Waals surface area contributed by atoms with Crippen LogP contribution in [0.15, 0.2) is 17.1 Å². The molecule has 0 amide bonds. The van der Waals surface area contributed by atoms with Gasteiger partial charge in [0, 0.05) is 12.6 Å². The standard InChI is InChI=1S/C9H16N3O13P3/c10-7-1-2-12(9(14)11-7)8-6(13)3-5(23-8)4-22-27(18,19)25-28(20,21)24-26(15,16)17/h1-2,5-6,8,13H,3-4H2,(H,18,19)(H,20,21)(H2,10,11,14)(H2,15,16,17)/p-4. The van der Waals surface area contributed by atoms with E-state index in [0.29, 0.717) is 0 Å². The molecule has 0 spiro atoms. The summed E-state index contributed by atoms with van der Waals surface area (Å²) < 4.78 is 49.5. The van der Waals surface area contributed by atoms with Gasteiger partial charge in [-0.1, -0.05) is 0 Å². The minimum absolute atomic E-state index is 0.0805. The molecule has 1 aliphatic rings. The smallest absolute Gasteiger partial charge is 0.351 e. The summed E-state index contributed by atoms with van der Waals surface area (Å²) in [5.74, 6) is -0.0805. The molecule has 1 aromatic heterocycles. The summed E-state index contributed by atoms with van der Waals surface area (Å²) in [5, 5.41) is 9.96. The number of hydrogen-bond acceptors (Lipinski definition) is 15. The Balaban J connectivity index is 1.97. The Hall–Kier alpha value is -0.990. The number of phosphoric ester groups is 1. The summed E-state index contributed by atoms with van der Waals surface area (Å²) in [7, 11) is -17.9. The summed E-state index contributed by atoms with van der Waals surface area (Å²) in [5.41, 5.74) is 4.48. The van der Waals surface area contributed by atoms with Gasteiger partial charge in [-0.3, -0.25) is 18.0 Å². The van der Waals surface area contributed by atoms with Gasteiger partial charge >= 0.3 is 5.69 Å². The van der Waals surface area contributed by atoms with E-state index in [1.807, 2.05) is 0 Å². The summed E-state index contributed by atoms with van der Waals surface area (Å²) in [4.78, 5) is 58.1. The molecule has 3 N–H and O–H groups in total. The highest BCUT2D eigenvalue weighted by Gasteiger charge is 2.37. The van der Waals surface area contributed by atoms with Gasteiger partial charge in [-0.15, -0.1) is 0 Å². The van der Waals surface area contributed by atoms with Gasteiger partial charge < -0.3 is 44.2 Å². The van der Waals surface area contributed by atoms with E-state index in [0.717, 1.165) is 4.57 Å².